The van der Waals surface area contributed by atoms with Crippen LogP contribution in [-0.4, -0.2) is 20.7 Å². The van der Waals surface area contributed by atoms with Crippen LogP contribution in [0.25, 0.3) is 5.69 Å². The van der Waals surface area contributed by atoms with E-state index in [1.165, 1.54) is 16.3 Å². The molecule has 152 valence electrons. The molecule has 0 saturated carbocycles. The number of rotatable bonds is 6. The second-order valence-corrected chi connectivity index (χ2v) is 7.68. The third kappa shape index (κ3) is 4.14. The summed E-state index contributed by atoms with van der Waals surface area (Å²) in [5.74, 6) is -0.449. The smallest absolute Gasteiger partial charge is 0.264 e. The summed E-state index contributed by atoms with van der Waals surface area (Å²) >= 11 is 0. The zero-order chi connectivity index (χ0) is 21.1. The van der Waals surface area contributed by atoms with Gasteiger partial charge >= 0.3 is 0 Å². The molecule has 0 radical (unpaired) electrons. The summed E-state index contributed by atoms with van der Waals surface area (Å²) < 4.78 is 1.42. The third-order valence-electron chi connectivity index (χ3n) is 5.37. The van der Waals surface area contributed by atoms with Gasteiger partial charge in [0, 0.05) is 11.4 Å². The van der Waals surface area contributed by atoms with E-state index in [2.05, 4.69) is 19.2 Å². The molecule has 1 aromatic heterocycles. The predicted octanol–water partition coefficient (Wildman–Crippen LogP) is 5.78. The van der Waals surface area contributed by atoms with Gasteiger partial charge in [0.2, 0.25) is 5.88 Å². The maximum atomic E-state index is 12.8. The molecule has 0 aliphatic rings. The largest absolute Gasteiger partial charge is 0.505 e. The number of carbonyl (C=O) groups excluding carboxylic acids is 1. The molecule has 0 aliphatic carbocycles. The molecule has 1 heterocycles. The van der Waals surface area contributed by atoms with Gasteiger partial charge in [-0.25, -0.2) is 0 Å². The quantitative estimate of drug-likeness (QED) is 0.498. The number of aromatic hydroxyl groups is 2. The van der Waals surface area contributed by atoms with Crippen LogP contribution >= 0.6 is 0 Å². The van der Waals surface area contributed by atoms with Crippen molar-refractivity contribution < 1.29 is 15.0 Å². The van der Waals surface area contributed by atoms with Gasteiger partial charge in [0.25, 0.3) is 5.91 Å². The van der Waals surface area contributed by atoms with Crippen molar-refractivity contribution in [3.8, 4) is 17.3 Å². The van der Waals surface area contributed by atoms with Crippen LogP contribution < -0.4 is 5.32 Å². The van der Waals surface area contributed by atoms with Crippen molar-refractivity contribution >= 4 is 11.6 Å². The first-order chi connectivity index (χ1) is 13.8. The molecule has 5 heteroatoms. The van der Waals surface area contributed by atoms with Crippen LogP contribution in [0.4, 0.5) is 5.69 Å². The molecule has 0 aliphatic heterocycles. The van der Waals surface area contributed by atoms with E-state index >= 15 is 0 Å². The fraction of sp³-hybridized carbons (Fsp3) is 0.292. The van der Waals surface area contributed by atoms with Crippen LogP contribution in [0, 0.1) is 0 Å². The number of benzene rings is 2. The Morgan fingerprint density at radius 3 is 2.31 bits per heavy atom. The Labute approximate surface area is 171 Å². The van der Waals surface area contributed by atoms with Gasteiger partial charge in [-0.2, -0.15) is 0 Å². The summed E-state index contributed by atoms with van der Waals surface area (Å²) in [6.45, 7) is 8.38. The number of amides is 1. The van der Waals surface area contributed by atoms with Crippen LogP contribution in [0.5, 0.6) is 11.6 Å². The zero-order valence-corrected chi connectivity index (χ0v) is 17.3. The first-order valence-corrected chi connectivity index (χ1v) is 9.97. The standard InChI is InChI=1S/C24H28N2O3/c1-5-16(4)17-10-12-18(13-11-17)26-14-21(27)22(24(26)29)23(28)25-20-9-7-6-8-19(20)15(2)3/h6-16,27,29H,5H2,1-4H3,(H,25,28). The lowest BCUT2D eigenvalue weighted by atomic mass is 9.99. The highest BCUT2D eigenvalue weighted by Crippen LogP contribution is 2.34. The molecule has 29 heavy (non-hydrogen) atoms. The fourth-order valence-electron chi connectivity index (χ4n) is 3.40. The second kappa shape index (κ2) is 8.43. The second-order valence-electron chi connectivity index (χ2n) is 7.68. The van der Waals surface area contributed by atoms with E-state index in [1.54, 1.807) is 0 Å². The van der Waals surface area contributed by atoms with Crippen molar-refractivity contribution in [1.29, 1.82) is 0 Å². The monoisotopic (exact) mass is 392 g/mol. The minimum absolute atomic E-state index is 0.144. The predicted molar refractivity (Wildman–Crippen MR) is 116 cm³/mol. The van der Waals surface area contributed by atoms with Gasteiger partial charge in [0.15, 0.2) is 0 Å². The molecule has 3 N–H and O–H groups in total. The average molecular weight is 392 g/mol. The highest BCUT2D eigenvalue weighted by atomic mass is 16.3. The van der Waals surface area contributed by atoms with Crippen LogP contribution in [0.2, 0.25) is 0 Å². The normalized spacial score (nSPS) is 12.2. The minimum atomic E-state index is -0.553. The number of para-hydroxylation sites is 1. The lowest BCUT2D eigenvalue weighted by Gasteiger charge is -2.13. The summed E-state index contributed by atoms with van der Waals surface area (Å²) in [6.07, 6.45) is 2.40. The fourth-order valence-corrected chi connectivity index (χ4v) is 3.40. The van der Waals surface area contributed by atoms with E-state index in [9.17, 15) is 15.0 Å². The molecule has 0 spiro atoms. The number of aromatic nitrogens is 1. The van der Waals surface area contributed by atoms with Gasteiger partial charge < -0.3 is 15.5 Å². The number of hydrogen-bond donors (Lipinski definition) is 3. The van der Waals surface area contributed by atoms with Gasteiger partial charge in [0.1, 0.15) is 11.3 Å². The van der Waals surface area contributed by atoms with Crippen molar-refractivity contribution in [3.05, 3.63) is 71.4 Å². The molecule has 2 aromatic carbocycles. The molecule has 3 aromatic rings. The number of nitrogens with one attached hydrogen (secondary N) is 1. The van der Waals surface area contributed by atoms with Crippen molar-refractivity contribution in [2.75, 3.05) is 5.32 Å². The lowest BCUT2D eigenvalue weighted by molar-refractivity contribution is 0.102. The Balaban J connectivity index is 1.91. The summed E-state index contributed by atoms with van der Waals surface area (Å²) in [5.41, 5.74) is 3.38. The molecule has 1 amide bonds. The van der Waals surface area contributed by atoms with E-state index in [0.29, 0.717) is 17.3 Å². The number of hydrogen-bond acceptors (Lipinski definition) is 3. The zero-order valence-electron chi connectivity index (χ0n) is 17.3. The lowest BCUT2D eigenvalue weighted by Crippen LogP contribution is -2.13. The molecular formula is C24H28N2O3. The van der Waals surface area contributed by atoms with Gasteiger partial charge in [-0.05, 0) is 47.6 Å². The summed E-state index contributed by atoms with van der Waals surface area (Å²) in [6, 6.07) is 15.3. The van der Waals surface area contributed by atoms with Crippen LogP contribution in [0.3, 0.4) is 0 Å². The molecular weight excluding hydrogens is 364 g/mol. The van der Waals surface area contributed by atoms with Crippen LogP contribution in [0.1, 0.15) is 67.4 Å². The van der Waals surface area contributed by atoms with Crippen LogP contribution in [-0.2, 0) is 0 Å². The highest BCUT2D eigenvalue weighted by Gasteiger charge is 2.23. The maximum Gasteiger partial charge on any atom is 0.264 e. The maximum absolute atomic E-state index is 12.8. The summed E-state index contributed by atoms with van der Waals surface area (Å²) in [5, 5.41) is 23.8. The van der Waals surface area contributed by atoms with E-state index in [-0.39, 0.29) is 23.1 Å². The van der Waals surface area contributed by atoms with Gasteiger partial charge in [-0.3, -0.25) is 9.36 Å². The molecule has 0 saturated heterocycles. The SMILES string of the molecule is CCC(C)c1ccc(-n2cc(O)c(C(=O)Nc3ccccc3C(C)C)c2O)cc1. The Morgan fingerprint density at radius 2 is 1.69 bits per heavy atom. The molecule has 5 nitrogen and oxygen atoms in total. The van der Waals surface area contributed by atoms with Gasteiger partial charge in [-0.1, -0.05) is 58.0 Å². The first-order valence-electron chi connectivity index (χ1n) is 9.97. The Morgan fingerprint density at radius 1 is 1.03 bits per heavy atom. The first kappa shape index (κ1) is 20.5. The third-order valence-corrected chi connectivity index (χ3v) is 5.37. The highest BCUT2D eigenvalue weighted by molar-refractivity contribution is 6.08. The minimum Gasteiger partial charge on any atom is -0.505 e. The molecule has 0 bridgehead atoms. The molecule has 1 atom stereocenters. The van der Waals surface area contributed by atoms with Crippen molar-refractivity contribution in [3.63, 3.8) is 0 Å². The molecule has 0 fully saturated rings. The van der Waals surface area contributed by atoms with Gasteiger partial charge in [-0.15, -0.1) is 0 Å². The molecule has 3 rings (SSSR count). The summed E-state index contributed by atoms with van der Waals surface area (Å²) in [4.78, 5) is 12.8. The van der Waals surface area contributed by atoms with Crippen molar-refractivity contribution in [2.24, 2.45) is 0 Å². The van der Waals surface area contributed by atoms with Crippen LogP contribution in [0.15, 0.2) is 54.7 Å². The van der Waals surface area contributed by atoms with E-state index in [4.69, 9.17) is 0 Å². The average Bonchev–Trinajstić information content (AvgIpc) is 3.01. The molecule has 1 unspecified atom stereocenters. The van der Waals surface area contributed by atoms with Crippen molar-refractivity contribution in [2.45, 2.75) is 46.0 Å². The van der Waals surface area contributed by atoms with E-state index in [0.717, 1.165) is 12.0 Å². The summed E-state index contributed by atoms with van der Waals surface area (Å²) in [7, 11) is 0. The Hall–Kier alpha value is -3.21. The van der Waals surface area contributed by atoms with E-state index in [1.807, 2.05) is 62.4 Å². The Bertz CT molecular complexity index is 1000. The van der Waals surface area contributed by atoms with E-state index < -0.39 is 5.91 Å². The number of carbonyl (C=O) groups is 1. The Kier molecular flexibility index (Phi) is 5.97. The number of anilines is 1. The van der Waals surface area contributed by atoms with Gasteiger partial charge in [0.05, 0.1) is 6.20 Å². The van der Waals surface area contributed by atoms with Crippen molar-refractivity contribution in [1.82, 2.24) is 4.57 Å². The number of nitrogens with zero attached hydrogens (tertiary/aromatic N) is 1. The topological polar surface area (TPSA) is 74.5 Å².